The lowest BCUT2D eigenvalue weighted by atomic mass is 10.0. The van der Waals surface area contributed by atoms with E-state index in [0.717, 1.165) is 17.8 Å². The summed E-state index contributed by atoms with van der Waals surface area (Å²) in [6, 6.07) is -4.29. The molecule has 27 heteroatoms. The van der Waals surface area contributed by atoms with Crippen LogP contribution in [0.4, 0.5) is 0 Å². The number of aliphatic hydroxyl groups is 3. The smallest absolute Gasteiger partial charge is 0.326 e. The molecule has 27 nitrogen and oxygen atoms in total. The molecule has 21 N–H and O–H groups in total. The average molecular weight is 1020 g/mol. The second kappa shape index (κ2) is 28.7. The summed E-state index contributed by atoms with van der Waals surface area (Å²) in [6.45, 7) is 5.30. The fourth-order valence-corrected chi connectivity index (χ4v) is 7.93. The molecule has 0 bridgehead atoms. The lowest BCUT2D eigenvalue weighted by Gasteiger charge is -2.31. The molecule has 72 heavy (non-hydrogen) atoms. The molecule has 1 aliphatic rings. The Hall–Kier alpha value is -7.10. The van der Waals surface area contributed by atoms with Gasteiger partial charge < -0.3 is 90.9 Å². The molecule has 0 radical (unpaired) electrons. The highest BCUT2D eigenvalue weighted by Gasteiger charge is 2.41. The van der Waals surface area contributed by atoms with Gasteiger partial charge in [-0.05, 0) is 76.3 Å². The van der Waals surface area contributed by atoms with Crippen molar-refractivity contribution < 1.29 is 58.8 Å². The van der Waals surface area contributed by atoms with Crippen LogP contribution in [-0.2, 0) is 44.8 Å². The van der Waals surface area contributed by atoms with Gasteiger partial charge in [-0.25, -0.2) is 4.79 Å². The van der Waals surface area contributed by atoms with Gasteiger partial charge in [-0.3, -0.25) is 43.5 Å². The third kappa shape index (κ3) is 18.3. The number of benzene rings is 1. The number of likely N-dealkylation sites (tertiary alicyclic amines) is 1. The minimum Gasteiger partial charge on any atom is -0.480 e. The first-order chi connectivity index (χ1) is 33.9. The molecule has 400 valence electrons. The Morgan fingerprint density at radius 2 is 1.24 bits per heavy atom. The number of carbonyl (C=O) groups excluding carboxylic acids is 7. The van der Waals surface area contributed by atoms with Gasteiger partial charge in [-0.2, -0.15) is 0 Å². The number of rotatable bonds is 29. The highest BCUT2D eigenvalue weighted by Crippen LogP contribution is 2.24. The molecule has 0 unspecified atom stereocenters. The Kier molecular flexibility index (Phi) is 23.6. The number of hydrogen-bond donors (Lipinski definition) is 16. The van der Waals surface area contributed by atoms with Gasteiger partial charge in [0, 0.05) is 43.2 Å². The summed E-state index contributed by atoms with van der Waals surface area (Å²) in [5.41, 5.74) is 28.8. The van der Waals surface area contributed by atoms with Crippen LogP contribution in [0.15, 0.2) is 40.4 Å². The number of carbonyl (C=O) groups is 8. The summed E-state index contributed by atoms with van der Waals surface area (Å²) in [6.07, 6.45) is -0.985. The summed E-state index contributed by atoms with van der Waals surface area (Å²) in [5, 5.41) is 56.4. The largest absolute Gasteiger partial charge is 0.480 e. The number of aromatic nitrogens is 1. The molecule has 1 saturated heterocycles. The fraction of sp³-hybridized carbons (Fsp3) is 0.600. The van der Waals surface area contributed by atoms with E-state index in [1.165, 1.54) is 11.8 Å². The molecule has 0 spiro atoms. The fourth-order valence-electron chi connectivity index (χ4n) is 7.93. The Morgan fingerprint density at radius 3 is 1.76 bits per heavy atom. The molecule has 1 fully saturated rings. The van der Waals surface area contributed by atoms with Crippen LogP contribution in [0, 0.1) is 5.92 Å². The third-order valence-electron chi connectivity index (χ3n) is 11.7. The van der Waals surface area contributed by atoms with Crippen LogP contribution in [0.2, 0.25) is 0 Å². The molecule has 2 aromatic rings. The summed E-state index contributed by atoms with van der Waals surface area (Å²) in [4.78, 5) is 121. The lowest BCUT2D eigenvalue weighted by Crippen LogP contribution is -2.63. The number of carboxylic acid groups (broad SMARTS) is 1. The first kappa shape index (κ1) is 59.2. The maximum absolute atomic E-state index is 14.7. The molecule has 7 amide bonds. The number of aliphatic hydroxyl groups excluding tert-OH is 3. The van der Waals surface area contributed by atoms with Gasteiger partial charge in [0.2, 0.25) is 41.4 Å². The number of nitrogens with zero attached hydrogens (tertiary/aromatic N) is 3. The van der Waals surface area contributed by atoms with Crippen LogP contribution in [-0.4, -0.2) is 176 Å². The Bertz CT molecular complexity index is 2240. The third-order valence-corrected chi connectivity index (χ3v) is 11.7. The van der Waals surface area contributed by atoms with Crippen LogP contribution < -0.4 is 60.6 Å². The van der Waals surface area contributed by atoms with Gasteiger partial charge in [0.1, 0.15) is 48.3 Å². The van der Waals surface area contributed by atoms with Crippen molar-refractivity contribution in [2.75, 3.05) is 26.2 Å². The van der Waals surface area contributed by atoms with E-state index in [0.29, 0.717) is 12.0 Å². The number of para-hydroxylation sites is 1. The van der Waals surface area contributed by atoms with E-state index in [4.69, 9.17) is 28.7 Å². The number of aliphatic imine (C=N–C) groups is 2. The van der Waals surface area contributed by atoms with Crippen LogP contribution in [0.5, 0.6) is 0 Å². The zero-order valence-electron chi connectivity index (χ0n) is 41.0. The van der Waals surface area contributed by atoms with Crippen molar-refractivity contribution in [3.63, 3.8) is 0 Å². The number of H-pyrrole nitrogens is 1. The standard InChI is InChI=1S/C45H73N15O12/c1-22(2)18-32(43(71)72)57-38(66)30(13-8-16-52-45(49)50)55-40(68)34(23(3)62)59-41(69)35(24(4)63)58-39(67)33-14-9-17-60(33)42(70)31(19-25-20-53-28-11-6-5-10-26(25)28)56-37(65)29(12-7-15-51-44(47)48)54-36(64)27(46)21-61/h5-6,10-11,20,22-24,27,29-35,53,61-63H,7-9,12-19,21,46H2,1-4H3,(H,54,64)(H,55,68)(H,56,65)(H,57,66)(H,58,67)(H,59,69)(H,71,72)(H4,47,48,51)(H4,49,50,52)/t23-,24-,27+,29+,30+,31+,32+,33+,34+,35+/m1/s1. The van der Waals surface area contributed by atoms with Crippen LogP contribution in [0.25, 0.3) is 10.9 Å². The Labute approximate surface area is 416 Å². The van der Waals surface area contributed by atoms with Gasteiger partial charge in [-0.15, -0.1) is 0 Å². The summed E-state index contributed by atoms with van der Waals surface area (Å²) in [5.74, 6) is -8.18. The first-order valence-electron chi connectivity index (χ1n) is 23.7. The molecular weight excluding hydrogens is 943 g/mol. The minimum atomic E-state index is -1.78. The molecule has 0 saturated carbocycles. The zero-order chi connectivity index (χ0) is 53.8. The molecule has 1 aromatic carbocycles. The van der Waals surface area contributed by atoms with Gasteiger partial charge in [-0.1, -0.05) is 32.0 Å². The SMILES string of the molecule is CC(C)C[C@H](NC(=O)[C@H](CCCN=C(N)N)NC(=O)[C@@H](NC(=O)[C@@H](NC(=O)[C@@H]1CCCN1C(=O)[C@H](Cc1c[nH]c2ccccc12)NC(=O)[C@H](CCCN=C(N)N)NC(=O)[C@@H](N)CO)[C@@H](C)O)[C@@H](C)O)C(=O)O. The molecular formula is C45H73N15O12. The number of hydrogen-bond acceptors (Lipinski definition) is 14. The molecule has 3 rings (SSSR count). The van der Waals surface area contributed by atoms with E-state index in [2.05, 4.69) is 46.9 Å². The Morgan fingerprint density at radius 1 is 0.722 bits per heavy atom. The van der Waals surface area contributed by atoms with E-state index in [1.54, 1.807) is 32.2 Å². The van der Waals surface area contributed by atoms with E-state index >= 15 is 0 Å². The van der Waals surface area contributed by atoms with Gasteiger partial charge in [0.05, 0.1) is 18.8 Å². The molecule has 1 aliphatic heterocycles. The van der Waals surface area contributed by atoms with Crippen molar-refractivity contribution in [1.29, 1.82) is 0 Å². The lowest BCUT2D eigenvalue weighted by molar-refractivity contribution is -0.143. The summed E-state index contributed by atoms with van der Waals surface area (Å²) >= 11 is 0. The number of guanidine groups is 2. The number of carboxylic acids is 1. The quantitative estimate of drug-likeness (QED) is 0.0206. The predicted octanol–water partition coefficient (Wildman–Crippen LogP) is -5.07. The normalized spacial score (nSPS) is 17.1. The average Bonchev–Trinajstić information content (AvgIpc) is 3.98. The molecule has 2 heterocycles. The summed E-state index contributed by atoms with van der Waals surface area (Å²) in [7, 11) is 0. The topological polar surface area (TPSA) is 464 Å². The van der Waals surface area contributed by atoms with Crippen LogP contribution in [0.1, 0.15) is 78.2 Å². The van der Waals surface area contributed by atoms with Crippen molar-refractivity contribution in [3.8, 4) is 0 Å². The van der Waals surface area contributed by atoms with E-state index in [9.17, 15) is 58.8 Å². The number of amides is 7. The van der Waals surface area contributed by atoms with Gasteiger partial charge >= 0.3 is 5.97 Å². The van der Waals surface area contributed by atoms with Crippen LogP contribution in [0.3, 0.4) is 0 Å². The highest BCUT2D eigenvalue weighted by atomic mass is 16.4. The van der Waals surface area contributed by atoms with Crippen molar-refractivity contribution in [2.24, 2.45) is 44.6 Å². The van der Waals surface area contributed by atoms with Gasteiger partial charge in [0.25, 0.3) is 0 Å². The maximum atomic E-state index is 14.7. The monoisotopic (exact) mass is 1020 g/mol. The molecule has 1 aromatic heterocycles. The van der Waals surface area contributed by atoms with E-state index in [1.807, 2.05) is 12.1 Å². The zero-order valence-corrected chi connectivity index (χ0v) is 41.0. The second-order valence-corrected chi connectivity index (χ2v) is 18.1. The summed E-state index contributed by atoms with van der Waals surface area (Å²) < 4.78 is 0. The van der Waals surface area contributed by atoms with Crippen molar-refractivity contribution in [2.45, 2.75) is 140 Å². The first-order valence-corrected chi connectivity index (χ1v) is 23.7. The highest BCUT2D eigenvalue weighted by molar-refractivity contribution is 5.98. The Balaban J connectivity index is 1.88. The number of aliphatic carboxylic acids is 1. The maximum Gasteiger partial charge on any atom is 0.326 e. The number of fused-ring (bicyclic) bond motifs is 1. The van der Waals surface area contributed by atoms with Crippen molar-refractivity contribution in [3.05, 3.63) is 36.0 Å². The van der Waals surface area contributed by atoms with Crippen molar-refractivity contribution >= 4 is 70.1 Å². The van der Waals surface area contributed by atoms with E-state index in [-0.39, 0.29) is 82.4 Å². The van der Waals surface area contributed by atoms with Crippen molar-refractivity contribution in [1.82, 2.24) is 41.8 Å². The number of nitrogens with one attached hydrogen (secondary N) is 7. The molecule has 10 atom stereocenters. The number of nitrogens with two attached hydrogens (primary N) is 5. The minimum absolute atomic E-state index is 0.0160. The van der Waals surface area contributed by atoms with Crippen LogP contribution >= 0.6 is 0 Å². The second-order valence-electron chi connectivity index (χ2n) is 18.1. The number of aromatic amines is 1. The van der Waals surface area contributed by atoms with Gasteiger partial charge in [0.15, 0.2) is 11.9 Å². The van der Waals surface area contributed by atoms with E-state index < -0.39 is 114 Å². The predicted molar refractivity (Wildman–Crippen MR) is 264 cm³/mol. The molecule has 0 aliphatic carbocycles.